The zero-order valence-electron chi connectivity index (χ0n) is 13.7. The molecule has 144 valence electrons. The Hall–Kier alpha value is -3.33. The maximum Gasteiger partial charge on any atom is 0.416 e. The molecule has 0 saturated carbocycles. The number of hydrogen-bond acceptors (Lipinski definition) is 4. The van der Waals surface area contributed by atoms with Crippen molar-refractivity contribution < 1.29 is 32.7 Å². The molecule has 4 amide bonds. The Bertz CT molecular complexity index is 1020. The quantitative estimate of drug-likeness (QED) is 0.583. The number of phenolic OH excluding ortho intramolecular Hbond substituents is 1. The van der Waals surface area contributed by atoms with Crippen molar-refractivity contribution in [1.82, 2.24) is 5.32 Å². The first-order chi connectivity index (χ1) is 13.1. The van der Waals surface area contributed by atoms with E-state index in [2.05, 4.69) is 0 Å². The van der Waals surface area contributed by atoms with Crippen LogP contribution in [0, 0.1) is 0 Å². The van der Waals surface area contributed by atoms with Crippen LogP contribution in [-0.2, 0) is 15.8 Å². The Morgan fingerprint density at radius 1 is 1.04 bits per heavy atom. The SMILES string of the molecule is O=C1NC(=O)N(c2cc(C(F)(F)F)ccc2Cl)C(=O)/C1=C\c1ccc(O)cc1. The number of hydrogen-bond donors (Lipinski definition) is 2. The van der Waals surface area contributed by atoms with E-state index in [0.29, 0.717) is 22.6 Å². The molecule has 1 saturated heterocycles. The van der Waals surface area contributed by atoms with Crippen LogP contribution in [0.15, 0.2) is 48.0 Å². The number of nitrogens with one attached hydrogen (secondary N) is 1. The predicted molar refractivity (Wildman–Crippen MR) is 93.6 cm³/mol. The number of barbiturate groups is 1. The lowest BCUT2D eigenvalue weighted by Gasteiger charge is -2.27. The zero-order valence-corrected chi connectivity index (χ0v) is 14.5. The number of anilines is 1. The maximum absolute atomic E-state index is 13.0. The molecular formula is C18H10ClF3N2O4. The topological polar surface area (TPSA) is 86.7 Å². The number of nitrogens with zero attached hydrogens (tertiary/aromatic N) is 1. The van der Waals surface area contributed by atoms with Crippen molar-refractivity contribution in [3.05, 3.63) is 64.2 Å². The highest BCUT2D eigenvalue weighted by Crippen LogP contribution is 2.36. The van der Waals surface area contributed by atoms with Crippen molar-refractivity contribution in [3.63, 3.8) is 0 Å². The molecule has 0 aliphatic carbocycles. The van der Waals surface area contributed by atoms with Crippen LogP contribution in [0.3, 0.4) is 0 Å². The van der Waals surface area contributed by atoms with E-state index in [9.17, 15) is 32.7 Å². The van der Waals surface area contributed by atoms with Gasteiger partial charge in [-0.3, -0.25) is 14.9 Å². The second-order valence-electron chi connectivity index (χ2n) is 5.71. The molecule has 0 bridgehead atoms. The van der Waals surface area contributed by atoms with Crippen molar-refractivity contribution >= 4 is 41.2 Å². The molecule has 2 aromatic carbocycles. The van der Waals surface area contributed by atoms with Crippen LogP contribution in [-0.4, -0.2) is 23.0 Å². The number of halogens is 4. The molecular weight excluding hydrogens is 401 g/mol. The number of carbonyl (C=O) groups is 3. The molecule has 2 N–H and O–H groups in total. The molecule has 1 aliphatic rings. The summed E-state index contributed by atoms with van der Waals surface area (Å²) in [4.78, 5) is 37.3. The molecule has 1 heterocycles. The van der Waals surface area contributed by atoms with E-state index in [0.717, 1.165) is 12.1 Å². The fraction of sp³-hybridized carbons (Fsp3) is 0.0556. The minimum atomic E-state index is -4.73. The smallest absolute Gasteiger partial charge is 0.416 e. The van der Waals surface area contributed by atoms with Crippen molar-refractivity contribution in [2.75, 3.05) is 4.90 Å². The van der Waals surface area contributed by atoms with Crippen molar-refractivity contribution in [2.45, 2.75) is 6.18 Å². The lowest BCUT2D eigenvalue weighted by Crippen LogP contribution is -2.54. The average Bonchev–Trinajstić information content (AvgIpc) is 2.60. The molecule has 0 spiro atoms. The Morgan fingerprint density at radius 3 is 2.29 bits per heavy atom. The molecule has 1 fully saturated rings. The number of imide groups is 2. The third-order valence-electron chi connectivity index (χ3n) is 3.82. The van der Waals surface area contributed by atoms with Gasteiger partial charge >= 0.3 is 12.2 Å². The van der Waals surface area contributed by atoms with Gasteiger partial charge in [0.2, 0.25) is 0 Å². The highest BCUT2D eigenvalue weighted by molar-refractivity contribution is 6.42. The number of urea groups is 1. The number of amides is 4. The monoisotopic (exact) mass is 410 g/mol. The second kappa shape index (κ2) is 7.01. The Labute approximate surface area is 160 Å². The summed E-state index contributed by atoms with van der Waals surface area (Å²) in [7, 11) is 0. The summed E-state index contributed by atoms with van der Waals surface area (Å²) >= 11 is 5.90. The summed E-state index contributed by atoms with van der Waals surface area (Å²) < 4.78 is 39.0. The van der Waals surface area contributed by atoms with Crippen molar-refractivity contribution in [2.24, 2.45) is 0 Å². The van der Waals surface area contributed by atoms with E-state index in [-0.39, 0.29) is 10.8 Å². The average molecular weight is 411 g/mol. The maximum atomic E-state index is 13.0. The summed E-state index contributed by atoms with van der Waals surface area (Å²) in [5.74, 6) is -2.19. The minimum Gasteiger partial charge on any atom is -0.508 e. The number of rotatable bonds is 2. The molecule has 0 unspecified atom stereocenters. The number of aromatic hydroxyl groups is 1. The summed E-state index contributed by atoms with van der Waals surface area (Å²) in [6.07, 6.45) is -3.59. The van der Waals surface area contributed by atoms with Crippen LogP contribution in [0.5, 0.6) is 5.75 Å². The van der Waals surface area contributed by atoms with Gasteiger partial charge in [0.15, 0.2) is 0 Å². The van der Waals surface area contributed by atoms with Crippen molar-refractivity contribution in [1.29, 1.82) is 0 Å². The number of alkyl halides is 3. The summed E-state index contributed by atoms with van der Waals surface area (Å²) in [6.45, 7) is 0. The van der Waals surface area contributed by atoms with Crippen LogP contribution < -0.4 is 10.2 Å². The van der Waals surface area contributed by atoms with Gasteiger partial charge in [-0.05, 0) is 42.0 Å². The molecule has 0 atom stereocenters. The summed E-state index contributed by atoms with van der Waals surface area (Å²) in [5.41, 5.74) is -1.77. The number of benzene rings is 2. The van der Waals surface area contributed by atoms with Gasteiger partial charge in [-0.2, -0.15) is 13.2 Å². The fourth-order valence-corrected chi connectivity index (χ4v) is 2.68. The predicted octanol–water partition coefficient (Wildman–Crippen LogP) is 3.73. The second-order valence-corrected chi connectivity index (χ2v) is 6.12. The minimum absolute atomic E-state index is 0.0471. The van der Waals surface area contributed by atoms with Gasteiger partial charge in [-0.25, -0.2) is 9.69 Å². The Morgan fingerprint density at radius 2 is 1.68 bits per heavy atom. The molecule has 3 rings (SSSR count). The van der Waals surface area contributed by atoms with Crippen molar-refractivity contribution in [3.8, 4) is 5.75 Å². The van der Waals surface area contributed by atoms with Crippen LogP contribution >= 0.6 is 11.6 Å². The first-order valence-corrected chi connectivity index (χ1v) is 8.03. The summed E-state index contributed by atoms with van der Waals surface area (Å²) in [6, 6.07) is 6.36. The first kappa shape index (κ1) is 19.4. The zero-order chi connectivity index (χ0) is 20.6. The third-order valence-corrected chi connectivity index (χ3v) is 4.14. The lowest BCUT2D eigenvalue weighted by molar-refractivity contribution is -0.137. The van der Waals surface area contributed by atoms with E-state index in [1.807, 2.05) is 5.32 Å². The Balaban J connectivity index is 2.07. The highest BCUT2D eigenvalue weighted by Gasteiger charge is 2.39. The van der Waals surface area contributed by atoms with Crippen LogP contribution in [0.1, 0.15) is 11.1 Å². The summed E-state index contributed by atoms with van der Waals surface area (Å²) in [5, 5.41) is 10.9. The van der Waals surface area contributed by atoms with Gasteiger partial charge in [0.05, 0.1) is 16.3 Å². The first-order valence-electron chi connectivity index (χ1n) is 7.65. The molecule has 0 aromatic heterocycles. The van der Waals surface area contributed by atoms with Gasteiger partial charge in [0.25, 0.3) is 11.8 Å². The highest BCUT2D eigenvalue weighted by atomic mass is 35.5. The molecule has 28 heavy (non-hydrogen) atoms. The van der Waals surface area contributed by atoms with Crippen LogP contribution in [0.4, 0.5) is 23.7 Å². The Kier molecular flexibility index (Phi) is 4.86. The normalized spacial score (nSPS) is 16.5. The van der Waals surface area contributed by atoms with Gasteiger partial charge < -0.3 is 5.11 Å². The van der Waals surface area contributed by atoms with E-state index in [1.165, 1.54) is 24.3 Å². The molecule has 0 radical (unpaired) electrons. The number of phenols is 1. The van der Waals surface area contributed by atoms with Gasteiger partial charge in [-0.1, -0.05) is 23.7 Å². The largest absolute Gasteiger partial charge is 0.508 e. The van der Waals surface area contributed by atoms with E-state index in [4.69, 9.17) is 11.6 Å². The van der Waals surface area contributed by atoms with Gasteiger partial charge in [-0.15, -0.1) is 0 Å². The number of carbonyl (C=O) groups excluding carboxylic acids is 3. The van der Waals surface area contributed by atoms with E-state index in [1.54, 1.807) is 0 Å². The van der Waals surface area contributed by atoms with E-state index >= 15 is 0 Å². The molecule has 10 heteroatoms. The molecule has 6 nitrogen and oxygen atoms in total. The molecule has 1 aliphatic heterocycles. The van der Waals surface area contributed by atoms with Gasteiger partial charge in [0.1, 0.15) is 11.3 Å². The van der Waals surface area contributed by atoms with E-state index < -0.39 is 40.8 Å². The lowest BCUT2D eigenvalue weighted by atomic mass is 10.1. The standard InChI is InChI=1S/C18H10ClF3N2O4/c19-13-6-3-10(18(20,21)22)8-14(13)24-16(27)12(15(26)23-17(24)28)7-9-1-4-11(25)5-2-9/h1-8,25H,(H,23,26,28)/b12-7-. The van der Waals surface area contributed by atoms with Crippen LogP contribution in [0.2, 0.25) is 5.02 Å². The molecule has 2 aromatic rings. The fourth-order valence-electron chi connectivity index (χ4n) is 2.47. The van der Waals surface area contributed by atoms with Crippen LogP contribution in [0.25, 0.3) is 6.08 Å². The van der Waals surface area contributed by atoms with Gasteiger partial charge in [0, 0.05) is 0 Å². The third kappa shape index (κ3) is 3.70.